The van der Waals surface area contributed by atoms with Crippen LogP contribution in [-0.4, -0.2) is 49.8 Å². The lowest BCUT2D eigenvalue weighted by atomic mass is 9.99. The van der Waals surface area contributed by atoms with Crippen molar-refractivity contribution in [1.82, 2.24) is 10.2 Å². The zero-order chi connectivity index (χ0) is 14.7. The number of halogens is 1. The number of piperidine rings is 1. The largest absolute Gasteiger partial charge is 0.380 e. The minimum atomic E-state index is 0.386. The lowest BCUT2D eigenvalue weighted by molar-refractivity contribution is 0.0931. The standard InChI is InChI=1S/C17H25ClN2O/c1-21-17-11-16(10-13-2-4-14(18)5-3-13)20(12-17)15-6-8-19-9-7-15/h2-5,15-17,19H,6-12H2,1H3/t16?,17-/m0/s1. The summed E-state index contributed by atoms with van der Waals surface area (Å²) < 4.78 is 5.64. The maximum Gasteiger partial charge on any atom is 0.0713 e. The van der Waals surface area contributed by atoms with E-state index in [0.717, 1.165) is 37.5 Å². The van der Waals surface area contributed by atoms with Crippen LogP contribution in [0.25, 0.3) is 0 Å². The van der Waals surface area contributed by atoms with Gasteiger partial charge in [0.1, 0.15) is 0 Å². The summed E-state index contributed by atoms with van der Waals surface area (Å²) in [5, 5.41) is 4.28. The van der Waals surface area contributed by atoms with Crippen LogP contribution in [0.15, 0.2) is 24.3 Å². The van der Waals surface area contributed by atoms with E-state index in [0.29, 0.717) is 18.2 Å². The molecule has 0 saturated carbocycles. The molecule has 2 saturated heterocycles. The molecule has 21 heavy (non-hydrogen) atoms. The highest BCUT2D eigenvalue weighted by atomic mass is 35.5. The average Bonchev–Trinajstić information content (AvgIpc) is 2.93. The van der Waals surface area contributed by atoms with E-state index >= 15 is 0 Å². The van der Waals surface area contributed by atoms with E-state index in [-0.39, 0.29) is 0 Å². The fourth-order valence-electron chi connectivity index (χ4n) is 3.75. The third-order valence-electron chi connectivity index (χ3n) is 4.91. The molecule has 1 aromatic carbocycles. The Kier molecular flexibility index (Phi) is 5.17. The van der Waals surface area contributed by atoms with Gasteiger partial charge in [0, 0.05) is 30.8 Å². The van der Waals surface area contributed by atoms with Gasteiger partial charge in [0.25, 0.3) is 0 Å². The maximum absolute atomic E-state index is 5.99. The van der Waals surface area contributed by atoms with Gasteiger partial charge in [-0.05, 0) is 56.5 Å². The molecule has 0 bridgehead atoms. The number of rotatable bonds is 4. The number of nitrogens with one attached hydrogen (secondary N) is 1. The fourth-order valence-corrected chi connectivity index (χ4v) is 3.87. The Morgan fingerprint density at radius 1 is 1.24 bits per heavy atom. The van der Waals surface area contributed by atoms with Crippen LogP contribution in [0.1, 0.15) is 24.8 Å². The van der Waals surface area contributed by atoms with E-state index in [1.165, 1.54) is 18.4 Å². The molecule has 1 N–H and O–H groups in total. The molecule has 2 aliphatic heterocycles. The van der Waals surface area contributed by atoms with Crippen LogP contribution >= 0.6 is 11.6 Å². The maximum atomic E-state index is 5.99. The summed E-state index contributed by atoms with van der Waals surface area (Å²) >= 11 is 5.99. The SMILES string of the molecule is CO[C@H]1CC(Cc2ccc(Cl)cc2)N(C2CCNCC2)C1. The van der Waals surface area contributed by atoms with E-state index in [4.69, 9.17) is 16.3 Å². The lowest BCUT2D eigenvalue weighted by Crippen LogP contribution is -2.46. The van der Waals surface area contributed by atoms with E-state index < -0.39 is 0 Å². The van der Waals surface area contributed by atoms with Crippen molar-refractivity contribution in [3.63, 3.8) is 0 Å². The summed E-state index contributed by atoms with van der Waals surface area (Å²) in [4.78, 5) is 2.70. The smallest absolute Gasteiger partial charge is 0.0713 e. The molecule has 2 aliphatic rings. The Balaban J connectivity index is 1.69. The van der Waals surface area contributed by atoms with Crippen LogP contribution < -0.4 is 5.32 Å². The molecule has 0 radical (unpaired) electrons. The van der Waals surface area contributed by atoms with Crippen molar-refractivity contribution in [3.8, 4) is 0 Å². The van der Waals surface area contributed by atoms with Gasteiger partial charge in [-0.25, -0.2) is 0 Å². The molecule has 3 nitrogen and oxygen atoms in total. The van der Waals surface area contributed by atoms with Gasteiger partial charge >= 0.3 is 0 Å². The highest BCUT2D eigenvalue weighted by Gasteiger charge is 2.36. The van der Waals surface area contributed by atoms with E-state index in [9.17, 15) is 0 Å². The zero-order valence-corrected chi connectivity index (χ0v) is 13.5. The molecule has 0 spiro atoms. The summed E-state index contributed by atoms with van der Waals surface area (Å²) in [6.45, 7) is 3.37. The highest BCUT2D eigenvalue weighted by molar-refractivity contribution is 6.30. The Labute approximate surface area is 132 Å². The van der Waals surface area contributed by atoms with Gasteiger partial charge in [0.2, 0.25) is 0 Å². The normalized spacial score (nSPS) is 28.1. The number of nitrogens with zero attached hydrogens (tertiary/aromatic N) is 1. The number of hydrogen-bond acceptors (Lipinski definition) is 3. The van der Waals surface area contributed by atoms with Crippen LogP contribution in [0.3, 0.4) is 0 Å². The van der Waals surface area contributed by atoms with Crippen molar-refractivity contribution < 1.29 is 4.74 Å². The number of likely N-dealkylation sites (tertiary alicyclic amines) is 1. The third-order valence-corrected chi connectivity index (χ3v) is 5.17. The topological polar surface area (TPSA) is 24.5 Å². The van der Waals surface area contributed by atoms with Gasteiger partial charge in [-0.3, -0.25) is 4.90 Å². The van der Waals surface area contributed by atoms with Crippen LogP contribution in [0.5, 0.6) is 0 Å². The van der Waals surface area contributed by atoms with Gasteiger partial charge < -0.3 is 10.1 Å². The van der Waals surface area contributed by atoms with Gasteiger partial charge in [0.05, 0.1) is 6.10 Å². The van der Waals surface area contributed by atoms with Crippen molar-refractivity contribution in [3.05, 3.63) is 34.9 Å². The second-order valence-electron chi connectivity index (χ2n) is 6.26. The Bertz CT molecular complexity index is 445. The predicted octanol–water partition coefficient (Wildman–Crippen LogP) is 2.72. The monoisotopic (exact) mass is 308 g/mol. The Hall–Kier alpha value is -0.610. The molecular weight excluding hydrogens is 284 g/mol. The average molecular weight is 309 g/mol. The van der Waals surface area contributed by atoms with Crippen molar-refractivity contribution in [2.75, 3.05) is 26.7 Å². The first-order chi connectivity index (χ1) is 10.3. The first-order valence-corrected chi connectivity index (χ1v) is 8.38. The zero-order valence-electron chi connectivity index (χ0n) is 12.7. The van der Waals surface area contributed by atoms with Crippen molar-refractivity contribution in [1.29, 1.82) is 0 Å². The molecule has 2 atom stereocenters. The third kappa shape index (κ3) is 3.78. The van der Waals surface area contributed by atoms with Crippen LogP contribution in [0.4, 0.5) is 0 Å². The lowest BCUT2D eigenvalue weighted by Gasteiger charge is -2.35. The van der Waals surface area contributed by atoms with E-state index in [2.05, 4.69) is 22.3 Å². The molecule has 116 valence electrons. The molecular formula is C17H25ClN2O. The highest BCUT2D eigenvalue weighted by Crippen LogP contribution is 2.28. The van der Waals surface area contributed by atoms with Crippen LogP contribution in [0, 0.1) is 0 Å². The van der Waals surface area contributed by atoms with Crippen LogP contribution in [-0.2, 0) is 11.2 Å². The number of hydrogen-bond donors (Lipinski definition) is 1. The van der Waals surface area contributed by atoms with Gasteiger partial charge in [-0.1, -0.05) is 23.7 Å². The first-order valence-electron chi connectivity index (χ1n) is 8.00. The number of benzene rings is 1. The fraction of sp³-hybridized carbons (Fsp3) is 0.647. The summed E-state index contributed by atoms with van der Waals surface area (Å²) in [6, 6.07) is 9.61. The number of ether oxygens (including phenoxy) is 1. The van der Waals surface area contributed by atoms with Crippen molar-refractivity contribution in [2.24, 2.45) is 0 Å². The molecule has 1 aromatic rings. The molecule has 0 aromatic heterocycles. The second kappa shape index (κ2) is 7.10. The minimum Gasteiger partial charge on any atom is -0.380 e. The minimum absolute atomic E-state index is 0.386. The number of methoxy groups -OCH3 is 1. The first kappa shape index (κ1) is 15.3. The molecule has 4 heteroatoms. The molecule has 0 aliphatic carbocycles. The van der Waals surface area contributed by atoms with E-state index in [1.54, 1.807) is 0 Å². The predicted molar refractivity (Wildman–Crippen MR) is 87.0 cm³/mol. The summed E-state index contributed by atoms with van der Waals surface area (Å²) in [6.07, 6.45) is 5.14. The van der Waals surface area contributed by atoms with E-state index in [1.807, 2.05) is 19.2 Å². The van der Waals surface area contributed by atoms with Gasteiger partial charge in [-0.15, -0.1) is 0 Å². The molecule has 0 amide bonds. The quantitative estimate of drug-likeness (QED) is 0.925. The van der Waals surface area contributed by atoms with Gasteiger partial charge in [0.15, 0.2) is 0 Å². The van der Waals surface area contributed by atoms with Crippen molar-refractivity contribution in [2.45, 2.75) is 43.9 Å². The Morgan fingerprint density at radius 2 is 1.95 bits per heavy atom. The van der Waals surface area contributed by atoms with Gasteiger partial charge in [-0.2, -0.15) is 0 Å². The molecule has 2 fully saturated rings. The summed E-state index contributed by atoms with van der Waals surface area (Å²) in [5.41, 5.74) is 1.38. The molecule has 2 heterocycles. The Morgan fingerprint density at radius 3 is 2.62 bits per heavy atom. The molecule has 3 rings (SSSR count). The summed E-state index contributed by atoms with van der Waals surface area (Å²) in [7, 11) is 1.84. The molecule has 1 unspecified atom stereocenters. The van der Waals surface area contributed by atoms with Crippen LogP contribution in [0.2, 0.25) is 5.02 Å². The summed E-state index contributed by atoms with van der Waals surface area (Å²) in [5.74, 6) is 0. The second-order valence-corrected chi connectivity index (χ2v) is 6.69. The van der Waals surface area contributed by atoms with Crippen molar-refractivity contribution >= 4 is 11.6 Å².